The van der Waals surface area contributed by atoms with E-state index in [0.29, 0.717) is 37.8 Å². The summed E-state index contributed by atoms with van der Waals surface area (Å²) in [5.74, 6) is 0.330. The highest BCUT2D eigenvalue weighted by Gasteiger charge is 2.54. The summed E-state index contributed by atoms with van der Waals surface area (Å²) in [6.45, 7) is 3.11. The molecule has 2 saturated heterocycles. The second-order valence-electron chi connectivity index (χ2n) is 6.80. The predicted octanol–water partition coefficient (Wildman–Crippen LogP) is 1.26. The molecular weight excluding hydrogens is 320 g/mol. The number of nitrogens with zero attached hydrogens (tertiary/aromatic N) is 4. The quantitative estimate of drug-likeness (QED) is 0.818. The van der Waals surface area contributed by atoms with Crippen molar-refractivity contribution in [2.45, 2.75) is 18.6 Å². The molecule has 0 N–H and O–H groups in total. The number of amides is 1. The van der Waals surface area contributed by atoms with Crippen molar-refractivity contribution in [3.8, 4) is 0 Å². The molecule has 4 heterocycles. The molecule has 2 aromatic heterocycles. The van der Waals surface area contributed by atoms with Gasteiger partial charge in [-0.1, -0.05) is 6.07 Å². The third-order valence-electron chi connectivity index (χ3n) is 5.05. The van der Waals surface area contributed by atoms with Gasteiger partial charge in [-0.15, -0.1) is 0 Å². The van der Waals surface area contributed by atoms with Gasteiger partial charge in [0.05, 0.1) is 43.8 Å². The maximum atomic E-state index is 12.5. The molecule has 7 heteroatoms. The van der Waals surface area contributed by atoms with Crippen LogP contribution in [-0.2, 0) is 23.1 Å². The number of hydrogen-bond donors (Lipinski definition) is 0. The van der Waals surface area contributed by atoms with Crippen LogP contribution < -0.4 is 0 Å². The maximum Gasteiger partial charge on any atom is 0.257 e. The molecule has 2 aromatic rings. The molecule has 1 atom stereocenters. The molecule has 1 spiro atoms. The maximum absolute atomic E-state index is 12.5. The Hall–Kier alpha value is -2.25. The zero-order valence-electron chi connectivity index (χ0n) is 14.3. The summed E-state index contributed by atoms with van der Waals surface area (Å²) in [7, 11) is 1.81. The summed E-state index contributed by atoms with van der Waals surface area (Å²) in [4.78, 5) is 18.6. The van der Waals surface area contributed by atoms with Crippen LogP contribution in [0, 0.1) is 5.92 Å². The topological polar surface area (TPSA) is 69.5 Å². The highest BCUT2D eigenvalue weighted by Crippen LogP contribution is 2.40. The first-order chi connectivity index (χ1) is 12.2. The minimum absolute atomic E-state index is 0.0161. The van der Waals surface area contributed by atoms with E-state index < -0.39 is 0 Å². The number of pyridine rings is 1. The van der Waals surface area contributed by atoms with Crippen molar-refractivity contribution < 1.29 is 14.3 Å². The molecule has 2 aliphatic heterocycles. The van der Waals surface area contributed by atoms with Crippen LogP contribution in [0.15, 0.2) is 36.8 Å². The number of ether oxygens (including phenoxy) is 2. The van der Waals surface area contributed by atoms with Gasteiger partial charge in [0.25, 0.3) is 5.91 Å². The van der Waals surface area contributed by atoms with E-state index in [4.69, 9.17) is 9.47 Å². The van der Waals surface area contributed by atoms with Crippen LogP contribution in [0.25, 0.3) is 0 Å². The Morgan fingerprint density at radius 2 is 2.32 bits per heavy atom. The minimum Gasteiger partial charge on any atom is -0.375 e. The molecule has 2 fully saturated rings. The standard InChI is InChI=1S/C18H22N4O3/c1-21-9-14(8-20-21)17(23)22-12-18(13-22)15(5-7-25-18)10-24-11-16-4-2-3-6-19-16/h2-4,6,8-9,15H,5,7,10-13H2,1H3/t15-/m1/s1. The fraction of sp³-hybridized carbons (Fsp3) is 0.500. The molecule has 0 unspecified atom stereocenters. The molecule has 132 valence electrons. The summed E-state index contributed by atoms with van der Waals surface area (Å²) in [5, 5.41) is 4.06. The smallest absolute Gasteiger partial charge is 0.257 e. The summed E-state index contributed by atoms with van der Waals surface area (Å²) in [6, 6.07) is 5.81. The predicted molar refractivity (Wildman–Crippen MR) is 89.8 cm³/mol. The molecular formula is C18H22N4O3. The van der Waals surface area contributed by atoms with Crippen molar-refractivity contribution >= 4 is 5.91 Å². The van der Waals surface area contributed by atoms with Gasteiger partial charge >= 0.3 is 0 Å². The van der Waals surface area contributed by atoms with Gasteiger partial charge in [-0.25, -0.2) is 0 Å². The summed E-state index contributed by atoms with van der Waals surface area (Å²) in [5.41, 5.74) is 1.30. The minimum atomic E-state index is -0.248. The zero-order valence-corrected chi connectivity index (χ0v) is 14.3. The Kier molecular flexibility index (Phi) is 4.27. The van der Waals surface area contributed by atoms with Gasteiger partial charge in [-0.05, 0) is 18.6 Å². The largest absolute Gasteiger partial charge is 0.375 e. The SMILES string of the molecule is Cn1cc(C(=O)N2CC3(C2)OCC[C@@H]3COCc2ccccn2)cn1. The van der Waals surface area contributed by atoms with Gasteiger partial charge < -0.3 is 14.4 Å². The van der Waals surface area contributed by atoms with E-state index >= 15 is 0 Å². The van der Waals surface area contributed by atoms with Gasteiger partial charge in [0.15, 0.2) is 0 Å². The van der Waals surface area contributed by atoms with Crippen molar-refractivity contribution in [3.05, 3.63) is 48.0 Å². The lowest BCUT2D eigenvalue weighted by Crippen LogP contribution is -2.66. The Bertz CT molecular complexity index is 740. The molecule has 7 nitrogen and oxygen atoms in total. The van der Waals surface area contributed by atoms with E-state index in [1.807, 2.05) is 30.1 Å². The van der Waals surface area contributed by atoms with Crippen LogP contribution in [0.3, 0.4) is 0 Å². The van der Waals surface area contributed by atoms with E-state index in [-0.39, 0.29) is 11.5 Å². The average molecular weight is 342 g/mol. The van der Waals surface area contributed by atoms with Crippen LogP contribution >= 0.6 is 0 Å². The molecule has 0 radical (unpaired) electrons. The van der Waals surface area contributed by atoms with Crippen LogP contribution in [0.4, 0.5) is 0 Å². The number of rotatable bonds is 5. The summed E-state index contributed by atoms with van der Waals surface area (Å²) >= 11 is 0. The Morgan fingerprint density at radius 1 is 1.44 bits per heavy atom. The number of carbonyl (C=O) groups is 1. The van der Waals surface area contributed by atoms with Gasteiger partial charge in [0.1, 0.15) is 5.60 Å². The lowest BCUT2D eigenvalue weighted by atomic mass is 9.81. The summed E-state index contributed by atoms with van der Waals surface area (Å²) in [6.07, 6.45) is 6.09. The summed E-state index contributed by atoms with van der Waals surface area (Å²) < 4.78 is 13.5. The lowest BCUT2D eigenvalue weighted by molar-refractivity contribution is -0.129. The molecule has 0 aromatic carbocycles. The first-order valence-corrected chi connectivity index (χ1v) is 8.56. The van der Waals surface area contributed by atoms with Crippen molar-refractivity contribution in [2.75, 3.05) is 26.3 Å². The first kappa shape index (κ1) is 16.2. The van der Waals surface area contributed by atoms with Crippen LogP contribution in [0.1, 0.15) is 22.5 Å². The number of hydrogen-bond acceptors (Lipinski definition) is 5. The second-order valence-corrected chi connectivity index (χ2v) is 6.80. The van der Waals surface area contributed by atoms with Crippen molar-refractivity contribution in [1.29, 1.82) is 0 Å². The van der Waals surface area contributed by atoms with Crippen LogP contribution in [0.2, 0.25) is 0 Å². The molecule has 1 amide bonds. The average Bonchev–Trinajstić information content (AvgIpc) is 3.20. The number of aryl methyl sites for hydroxylation is 1. The molecule has 2 aliphatic rings. The molecule has 0 bridgehead atoms. The molecule has 25 heavy (non-hydrogen) atoms. The highest BCUT2D eigenvalue weighted by atomic mass is 16.5. The third kappa shape index (κ3) is 3.17. The monoisotopic (exact) mass is 342 g/mol. The van der Waals surface area contributed by atoms with Crippen LogP contribution in [-0.4, -0.2) is 57.5 Å². The van der Waals surface area contributed by atoms with Gasteiger partial charge in [0, 0.05) is 32.0 Å². The van der Waals surface area contributed by atoms with Crippen molar-refractivity contribution in [3.63, 3.8) is 0 Å². The lowest BCUT2D eigenvalue weighted by Gasteiger charge is -2.50. The van der Waals surface area contributed by atoms with E-state index in [1.54, 1.807) is 23.3 Å². The van der Waals surface area contributed by atoms with E-state index in [1.165, 1.54) is 0 Å². The van der Waals surface area contributed by atoms with E-state index in [9.17, 15) is 4.79 Å². The van der Waals surface area contributed by atoms with Gasteiger partial charge in [-0.2, -0.15) is 5.10 Å². The zero-order chi connectivity index (χ0) is 17.3. The Labute approximate surface area is 146 Å². The molecule has 0 saturated carbocycles. The van der Waals surface area contributed by atoms with Gasteiger partial charge in [0.2, 0.25) is 0 Å². The molecule has 0 aliphatic carbocycles. The van der Waals surface area contributed by atoms with Gasteiger partial charge in [-0.3, -0.25) is 14.5 Å². The number of aromatic nitrogens is 3. The normalized spacial score (nSPS) is 21.5. The number of likely N-dealkylation sites (tertiary alicyclic amines) is 1. The van der Waals surface area contributed by atoms with E-state index in [0.717, 1.165) is 18.7 Å². The van der Waals surface area contributed by atoms with Crippen molar-refractivity contribution in [2.24, 2.45) is 13.0 Å². The Balaban J connectivity index is 1.31. The first-order valence-electron chi connectivity index (χ1n) is 8.56. The van der Waals surface area contributed by atoms with Crippen LogP contribution in [0.5, 0.6) is 0 Å². The third-order valence-corrected chi connectivity index (χ3v) is 5.05. The van der Waals surface area contributed by atoms with Crippen molar-refractivity contribution in [1.82, 2.24) is 19.7 Å². The fourth-order valence-corrected chi connectivity index (χ4v) is 3.62. The highest BCUT2D eigenvalue weighted by molar-refractivity contribution is 5.94. The second kappa shape index (κ2) is 6.57. The molecule has 4 rings (SSSR count). The van der Waals surface area contributed by atoms with E-state index in [2.05, 4.69) is 10.1 Å². The fourth-order valence-electron chi connectivity index (χ4n) is 3.62. The number of carbonyl (C=O) groups excluding carboxylic acids is 1. The Morgan fingerprint density at radius 3 is 3.04 bits per heavy atom.